The van der Waals surface area contributed by atoms with Crippen LogP contribution in [-0.2, 0) is 10.0 Å². The molecule has 0 aliphatic carbocycles. The van der Waals surface area contributed by atoms with Gasteiger partial charge in [-0.1, -0.05) is 0 Å². The molecule has 14 heteroatoms. The van der Waals surface area contributed by atoms with E-state index in [1.165, 1.54) is 10.6 Å². The van der Waals surface area contributed by atoms with Gasteiger partial charge in [0.25, 0.3) is 5.91 Å². The minimum Gasteiger partial charge on any atom is -0.366 e. The summed E-state index contributed by atoms with van der Waals surface area (Å²) in [6.07, 6.45) is -2.27. The van der Waals surface area contributed by atoms with Gasteiger partial charge in [-0.25, -0.2) is 13.4 Å². The molecule has 0 spiro atoms. The highest BCUT2D eigenvalue weighted by Crippen LogP contribution is 2.25. The van der Waals surface area contributed by atoms with Crippen LogP contribution in [0.3, 0.4) is 0 Å². The summed E-state index contributed by atoms with van der Waals surface area (Å²) >= 11 is 0. The van der Waals surface area contributed by atoms with Crippen LogP contribution in [0, 0.1) is 0 Å². The van der Waals surface area contributed by atoms with Crippen LogP contribution >= 0.6 is 0 Å². The van der Waals surface area contributed by atoms with Crippen molar-refractivity contribution in [3.63, 3.8) is 0 Å². The van der Waals surface area contributed by atoms with Gasteiger partial charge in [-0.05, 0) is 31.2 Å². The number of hydrogen-bond donors (Lipinski definition) is 3. The number of nitrogens with one attached hydrogen (secondary N) is 2. The fourth-order valence-electron chi connectivity index (χ4n) is 3.42. The molecule has 1 aliphatic heterocycles. The van der Waals surface area contributed by atoms with E-state index in [1.54, 1.807) is 12.1 Å². The Balaban J connectivity index is 1.71. The monoisotopic (exact) mass is 487 g/mol. The summed E-state index contributed by atoms with van der Waals surface area (Å²) in [5, 5.41) is 4.94. The molecule has 1 fully saturated rings. The molecule has 1 atom stereocenters. The van der Waals surface area contributed by atoms with Gasteiger partial charge in [-0.2, -0.15) is 22.5 Å². The van der Waals surface area contributed by atoms with E-state index in [0.717, 1.165) is 11.9 Å². The molecule has 0 bridgehead atoms. The van der Waals surface area contributed by atoms with E-state index < -0.39 is 28.7 Å². The van der Waals surface area contributed by atoms with Crippen LogP contribution in [0.15, 0.2) is 30.5 Å². The van der Waals surface area contributed by atoms with Gasteiger partial charge in [0.15, 0.2) is 0 Å². The first-order chi connectivity index (χ1) is 15.3. The van der Waals surface area contributed by atoms with Crippen molar-refractivity contribution in [1.29, 1.82) is 0 Å². The quantitative estimate of drug-likeness (QED) is 0.538. The number of anilines is 4. The maximum Gasteiger partial charge on any atom is 0.405 e. The summed E-state index contributed by atoms with van der Waals surface area (Å²) in [6.45, 7) is 1.85. The summed E-state index contributed by atoms with van der Waals surface area (Å²) in [5.41, 5.74) is 6.38. The van der Waals surface area contributed by atoms with Gasteiger partial charge in [-0.15, -0.1) is 0 Å². The fourth-order valence-corrected chi connectivity index (χ4v) is 4.32. The second kappa shape index (κ2) is 9.39. The van der Waals surface area contributed by atoms with Crippen molar-refractivity contribution >= 4 is 39.1 Å². The third-order valence-electron chi connectivity index (χ3n) is 5.02. The third kappa shape index (κ3) is 6.44. The van der Waals surface area contributed by atoms with Gasteiger partial charge < -0.3 is 21.3 Å². The molecule has 0 radical (unpaired) electrons. The lowest BCUT2D eigenvalue weighted by Gasteiger charge is -2.40. The van der Waals surface area contributed by atoms with E-state index in [2.05, 4.69) is 25.5 Å². The molecule has 2 aromatic rings. The smallest absolute Gasteiger partial charge is 0.366 e. The summed E-state index contributed by atoms with van der Waals surface area (Å²) in [5.74, 6) is -1.31. The maximum atomic E-state index is 12.5. The second-order valence-corrected chi connectivity index (χ2v) is 9.61. The van der Waals surface area contributed by atoms with E-state index in [0.29, 0.717) is 25.3 Å². The third-order valence-corrected chi connectivity index (χ3v) is 6.29. The molecule has 2 heterocycles. The van der Waals surface area contributed by atoms with Crippen molar-refractivity contribution in [3.8, 4) is 0 Å². The van der Waals surface area contributed by atoms with Crippen molar-refractivity contribution in [2.24, 2.45) is 5.73 Å². The van der Waals surface area contributed by atoms with Crippen molar-refractivity contribution in [2.75, 3.05) is 48.0 Å². The fraction of sp³-hybridized carbons (Fsp3) is 0.421. The molecule has 1 aromatic heterocycles. The Bertz CT molecular complexity index is 1110. The number of nitrogens with zero attached hydrogens (tertiary/aromatic N) is 4. The number of rotatable bonds is 7. The van der Waals surface area contributed by atoms with E-state index >= 15 is 0 Å². The van der Waals surface area contributed by atoms with Crippen LogP contribution in [0.1, 0.15) is 17.3 Å². The minimum absolute atomic E-state index is 0.0208. The molecule has 1 saturated heterocycles. The molecule has 3 rings (SSSR count). The van der Waals surface area contributed by atoms with Crippen LogP contribution in [-0.4, -0.2) is 73.3 Å². The average molecular weight is 488 g/mol. The lowest BCUT2D eigenvalue weighted by atomic mass is 10.1. The number of alkyl halides is 3. The van der Waals surface area contributed by atoms with Gasteiger partial charge in [0.2, 0.25) is 16.0 Å². The molecule has 10 nitrogen and oxygen atoms in total. The topological polar surface area (TPSA) is 134 Å². The first-order valence-corrected chi connectivity index (χ1v) is 11.7. The highest BCUT2D eigenvalue weighted by atomic mass is 32.2. The lowest BCUT2D eigenvalue weighted by molar-refractivity contribution is -0.115. The number of carbonyl (C=O) groups excluding carboxylic acids is 1. The summed E-state index contributed by atoms with van der Waals surface area (Å²) in [7, 11) is -3.24. The molecule has 1 aliphatic rings. The number of nitrogens with two attached hydrogens (primary N) is 1. The number of hydrogen-bond acceptors (Lipinski definition) is 8. The SMILES string of the molecule is C[C@H]1CN(S(C)(=O)=O)CCN1c1ccc(Nc2ncc(C(N)=O)c(NCC(F)(F)F)n2)cc1. The van der Waals surface area contributed by atoms with Gasteiger partial charge in [0.05, 0.1) is 11.8 Å². The van der Waals surface area contributed by atoms with Crippen LogP contribution in [0.2, 0.25) is 0 Å². The van der Waals surface area contributed by atoms with E-state index in [4.69, 9.17) is 5.73 Å². The Kier molecular flexibility index (Phi) is 6.97. The Hall–Kier alpha value is -3.13. The number of amides is 1. The lowest BCUT2D eigenvalue weighted by Crippen LogP contribution is -2.53. The van der Waals surface area contributed by atoms with Gasteiger partial charge in [0, 0.05) is 43.2 Å². The maximum absolute atomic E-state index is 12.5. The molecule has 33 heavy (non-hydrogen) atoms. The van der Waals surface area contributed by atoms with Crippen molar-refractivity contribution in [3.05, 3.63) is 36.0 Å². The number of piperazine rings is 1. The zero-order valence-electron chi connectivity index (χ0n) is 17.9. The largest absolute Gasteiger partial charge is 0.405 e. The molecule has 180 valence electrons. The standard InChI is InChI=1S/C19H24F3N7O3S/c1-12-10-28(33(2,31)32)7-8-29(12)14-5-3-13(4-6-14)26-18-24-9-15(16(23)30)17(27-18)25-11-19(20,21)22/h3-6,9,12H,7-8,10-11H2,1-2H3,(H2,23,30)(H2,24,25,26,27)/t12-/m0/s1. The second-order valence-electron chi connectivity index (χ2n) is 7.62. The van der Waals surface area contributed by atoms with Gasteiger partial charge >= 0.3 is 6.18 Å². The number of primary amides is 1. The van der Waals surface area contributed by atoms with Crippen molar-refractivity contribution in [2.45, 2.75) is 19.1 Å². The predicted molar refractivity (Wildman–Crippen MR) is 118 cm³/mol. The zero-order valence-corrected chi connectivity index (χ0v) is 18.7. The predicted octanol–water partition coefficient (Wildman–Crippen LogP) is 1.76. The van der Waals surface area contributed by atoms with Gasteiger partial charge in [0.1, 0.15) is 12.4 Å². The highest BCUT2D eigenvalue weighted by Gasteiger charge is 2.29. The van der Waals surface area contributed by atoms with Crippen molar-refractivity contribution < 1.29 is 26.4 Å². The molecule has 0 unspecified atom stereocenters. The Morgan fingerprint density at radius 2 is 1.91 bits per heavy atom. The first-order valence-electron chi connectivity index (χ1n) is 9.90. The van der Waals surface area contributed by atoms with Gasteiger partial charge in [-0.3, -0.25) is 4.79 Å². The van der Waals surface area contributed by atoms with Crippen LogP contribution in [0.5, 0.6) is 0 Å². The van der Waals surface area contributed by atoms with Crippen molar-refractivity contribution in [1.82, 2.24) is 14.3 Å². The molecular formula is C19H24F3N7O3S. The summed E-state index contributed by atoms with van der Waals surface area (Å²) in [4.78, 5) is 21.4. The molecule has 1 aromatic carbocycles. The first kappa shape index (κ1) is 24.5. The highest BCUT2D eigenvalue weighted by molar-refractivity contribution is 7.88. The molecular weight excluding hydrogens is 463 g/mol. The number of benzene rings is 1. The molecule has 1 amide bonds. The van der Waals surface area contributed by atoms with Crippen LogP contribution in [0.4, 0.5) is 36.3 Å². The summed E-state index contributed by atoms with van der Waals surface area (Å²) in [6, 6.07) is 7.10. The van der Waals surface area contributed by atoms with E-state index in [-0.39, 0.29) is 23.4 Å². The Morgan fingerprint density at radius 3 is 2.45 bits per heavy atom. The Labute approximate surface area is 189 Å². The Morgan fingerprint density at radius 1 is 1.24 bits per heavy atom. The number of sulfonamides is 1. The normalized spacial score (nSPS) is 17.6. The van der Waals surface area contributed by atoms with E-state index in [9.17, 15) is 26.4 Å². The average Bonchev–Trinajstić information content (AvgIpc) is 2.71. The van der Waals surface area contributed by atoms with E-state index in [1.807, 2.05) is 19.1 Å². The van der Waals surface area contributed by atoms with Crippen LogP contribution < -0.4 is 21.3 Å². The molecule has 4 N–H and O–H groups in total. The number of carbonyl (C=O) groups is 1. The minimum atomic E-state index is -4.51. The number of aromatic nitrogens is 2. The number of halogens is 3. The zero-order chi connectivity index (χ0) is 24.4. The van der Waals surface area contributed by atoms with Crippen LogP contribution in [0.25, 0.3) is 0 Å². The summed E-state index contributed by atoms with van der Waals surface area (Å²) < 4.78 is 62.6. The molecule has 0 saturated carbocycles.